The van der Waals surface area contributed by atoms with Gasteiger partial charge in [-0.2, -0.15) is 0 Å². The molecule has 0 spiro atoms. The van der Waals surface area contributed by atoms with Crippen LogP contribution in [0.2, 0.25) is 0 Å². The third-order valence-electron chi connectivity index (χ3n) is 3.49. The standard InChI is InChI=1S/C14H24O3/c1-3-4-5-9-13(15)11-7-6-8-12(10-11)14(16)17-2/h6-7,11-13,15H,3-5,8-10H2,1-2H3/t11-,12-,13+/m1/s1. The number of aliphatic hydroxyl groups is 1. The lowest BCUT2D eigenvalue weighted by Gasteiger charge is -2.26. The Morgan fingerprint density at radius 3 is 2.94 bits per heavy atom. The molecule has 1 N–H and O–H groups in total. The van der Waals surface area contributed by atoms with Crippen LogP contribution in [-0.2, 0) is 9.53 Å². The fraction of sp³-hybridized carbons (Fsp3) is 0.786. The fourth-order valence-corrected chi connectivity index (χ4v) is 2.38. The Balaban J connectivity index is 2.40. The van der Waals surface area contributed by atoms with Crippen molar-refractivity contribution in [2.24, 2.45) is 11.8 Å². The zero-order valence-electron chi connectivity index (χ0n) is 10.9. The van der Waals surface area contributed by atoms with Crippen molar-refractivity contribution in [1.82, 2.24) is 0 Å². The lowest BCUT2D eigenvalue weighted by molar-refractivity contribution is -0.146. The van der Waals surface area contributed by atoms with Crippen LogP contribution in [0.25, 0.3) is 0 Å². The lowest BCUT2D eigenvalue weighted by Crippen LogP contribution is -2.28. The van der Waals surface area contributed by atoms with Gasteiger partial charge in [0.25, 0.3) is 0 Å². The first kappa shape index (κ1) is 14.2. The zero-order valence-corrected chi connectivity index (χ0v) is 10.9. The summed E-state index contributed by atoms with van der Waals surface area (Å²) in [6, 6.07) is 0. The van der Waals surface area contributed by atoms with E-state index in [0.29, 0.717) is 0 Å². The van der Waals surface area contributed by atoms with Gasteiger partial charge in [-0.05, 0) is 19.3 Å². The molecule has 0 radical (unpaired) electrons. The van der Waals surface area contributed by atoms with Crippen LogP contribution in [0.3, 0.4) is 0 Å². The summed E-state index contributed by atoms with van der Waals surface area (Å²) in [5.74, 6) is -0.111. The Hall–Kier alpha value is -0.830. The van der Waals surface area contributed by atoms with E-state index in [0.717, 1.165) is 38.5 Å². The van der Waals surface area contributed by atoms with E-state index in [-0.39, 0.29) is 23.9 Å². The van der Waals surface area contributed by atoms with Crippen LogP contribution in [0.1, 0.15) is 45.4 Å². The minimum atomic E-state index is -0.315. The summed E-state index contributed by atoms with van der Waals surface area (Å²) in [5.41, 5.74) is 0. The smallest absolute Gasteiger partial charge is 0.308 e. The lowest BCUT2D eigenvalue weighted by atomic mass is 9.82. The van der Waals surface area contributed by atoms with Crippen LogP contribution in [-0.4, -0.2) is 24.3 Å². The maximum Gasteiger partial charge on any atom is 0.308 e. The van der Waals surface area contributed by atoms with E-state index in [1.54, 1.807) is 0 Å². The van der Waals surface area contributed by atoms with Gasteiger partial charge in [-0.25, -0.2) is 0 Å². The summed E-state index contributed by atoms with van der Waals surface area (Å²) in [4.78, 5) is 11.5. The highest BCUT2D eigenvalue weighted by molar-refractivity contribution is 5.72. The number of methoxy groups -OCH3 is 1. The average Bonchev–Trinajstić information content (AvgIpc) is 2.38. The molecule has 3 heteroatoms. The number of carbonyl (C=O) groups excluding carboxylic acids is 1. The molecular weight excluding hydrogens is 216 g/mol. The molecule has 0 saturated carbocycles. The number of hydrogen-bond acceptors (Lipinski definition) is 3. The van der Waals surface area contributed by atoms with E-state index in [9.17, 15) is 9.90 Å². The molecule has 1 aliphatic carbocycles. The summed E-state index contributed by atoms with van der Waals surface area (Å²) in [6.45, 7) is 2.15. The van der Waals surface area contributed by atoms with Crippen LogP contribution < -0.4 is 0 Å². The second-order valence-electron chi connectivity index (χ2n) is 4.85. The molecule has 0 amide bonds. The van der Waals surface area contributed by atoms with E-state index < -0.39 is 0 Å². The maximum absolute atomic E-state index is 11.5. The first-order valence-electron chi connectivity index (χ1n) is 6.61. The molecular formula is C14H24O3. The molecule has 0 aromatic carbocycles. The predicted octanol–water partition coefficient (Wildman–Crippen LogP) is 2.68. The van der Waals surface area contributed by atoms with Crippen molar-refractivity contribution in [3.63, 3.8) is 0 Å². The number of ether oxygens (including phenoxy) is 1. The molecule has 0 aromatic heterocycles. The van der Waals surface area contributed by atoms with E-state index in [4.69, 9.17) is 4.74 Å². The summed E-state index contributed by atoms with van der Waals surface area (Å²) >= 11 is 0. The molecule has 17 heavy (non-hydrogen) atoms. The summed E-state index contributed by atoms with van der Waals surface area (Å²) in [5, 5.41) is 10.1. The molecule has 0 heterocycles. The first-order valence-corrected chi connectivity index (χ1v) is 6.61. The molecule has 0 fully saturated rings. The van der Waals surface area contributed by atoms with Crippen LogP contribution >= 0.6 is 0 Å². The molecule has 0 aliphatic heterocycles. The normalized spacial score (nSPS) is 25.6. The van der Waals surface area contributed by atoms with Gasteiger partial charge in [0.15, 0.2) is 0 Å². The highest BCUT2D eigenvalue weighted by Gasteiger charge is 2.28. The molecule has 3 nitrogen and oxygen atoms in total. The molecule has 1 rings (SSSR count). The number of carbonyl (C=O) groups is 1. The minimum Gasteiger partial charge on any atom is -0.469 e. The average molecular weight is 240 g/mol. The molecule has 1 aliphatic rings. The van der Waals surface area contributed by atoms with Gasteiger partial charge in [-0.15, -0.1) is 0 Å². The fourth-order valence-electron chi connectivity index (χ4n) is 2.38. The van der Waals surface area contributed by atoms with Crippen LogP contribution in [0.15, 0.2) is 12.2 Å². The Bertz CT molecular complexity index is 260. The number of aliphatic hydroxyl groups excluding tert-OH is 1. The van der Waals surface area contributed by atoms with E-state index in [2.05, 4.69) is 13.0 Å². The van der Waals surface area contributed by atoms with Gasteiger partial charge >= 0.3 is 5.97 Å². The van der Waals surface area contributed by atoms with Gasteiger partial charge in [0, 0.05) is 5.92 Å². The summed E-state index contributed by atoms with van der Waals surface area (Å²) in [7, 11) is 1.42. The molecule has 0 aromatic rings. The SMILES string of the molecule is CCCCC[C@H](O)[C@@H]1C=CC[C@@H](C(=O)OC)C1. The second-order valence-corrected chi connectivity index (χ2v) is 4.85. The summed E-state index contributed by atoms with van der Waals surface area (Å²) in [6.07, 6.45) is 9.41. The number of unbranched alkanes of at least 4 members (excludes halogenated alkanes) is 2. The van der Waals surface area contributed by atoms with Crippen molar-refractivity contribution in [3.8, 4) is 0 Å². The number of esters is 1. The largest absolute Gasteiger partial charge is 0.469 e. The van der Waals surface area contributed by atoms with E-state index >= 15 is 0 Å². The Kier molecular flexibility index (Phi) is 6.27. The second kappa shape index (κ2) is 7.49. The van der Waals surface area contributed by atoms with Gasteiger partial charge < -0.3 is 9.84 Å². The first-order chi connectivity index (χ1) is 8.19. The number of hydrogen-bond donors (Lipinski definition) is 1. The number of rotatable bonds is 6. The highest BCUT2D eigenvalue weighted by atomic mass is 16.5. The van der Waals surface area contributed by atoms with Gasteiger partial charge in [0.2, 0.25) is 0 Å². The van der Waals surface area contributed by atoms with Crippen molar-refractivity contribution in [1.29, 1.82) is 0 Å². The Morgan fingerprint density at radius 1 is 1.53 bits per heavy atom. The van der Waals surface area contributed by atoms with Gasteiger partial charge in [0.05, 0.1) is 19.1 Å². The molecule has 0 unspecified atom stereocenters. The quantitative estimate of drug-likeness (QED) is 0.441. The van der Waals surface area contributed by atoms with Gasteiger partial charge in [0.1, 0.15) is 0 Å². The number of allylic oxidation sites excluding steroid dienone is 1. The van der Waals surface area contributed by atoms with E-state index in [1.165, 1.54) is 7.11 Å². The molecule has 3 atom stereocenters. The van der Waals surface area contributed by atoms with Crippen molar-refractivity contribution >= 4 is 5.97 Å². The molecule has 98 valence electrons. The molecule has 0 saturated heterocycles. The zero-order chi connectivity index (χ0) is 12.7. The molecule has 0 bridgehead atoms. The summed E-state index contributed by atoms with van der Waals surface area (Å²) < 4.78 is 4.76. The van der Waals surface area contributed by atoms with Crippen LogP contribution in [0.4, 0.5) is 0 Å². The third kappa shape index (κ3) is 4.50. The van der Waals surface area contributed by atoms with Gasteiger partial charge in [-0.3, -0.25) is 4.79 Å². The van der Waals surface area contributed by atoms with Crippen molar-refractivity contribution in [2.45, 2.75) is 51.6 Å². The van der Waals surface area contributed by atoms with Crippen LogP contribution in [0.5, 0.6) is 0 Å². The Labute approximate surface area is 104 Å². The van der Waals surface area contributed by atoms with Crippen molar-refractivity contribution in [2.75, 3.05) is 7.11 Å². The topological polar surface area (TPSA) is 46.5 Å². The van der Waals surface area contributed by atoms with Crippen molar-refractivity contribution < 1.29 is 14.6 Å². The predicted molar refractivity (Wildman–Crippen MR) is 67.5 cm³/mol. The highest BCUT2D eigenvalue weighted by Crippen LogP contribution is 2.28. The maximum atomic E-state index is 11.5. The monoisotopic (exact) mass is 240 g/mol. The minimum absolute atomic E-state index is 0.0733. The Morgan fingerprint density at radius 2 is 2.29 bits per heavy atom. The van der Waals surface area contributed by atoms with Gasteiger partial charge in [-0.1, -0.05) is 38.3 Å². The van der Waals surface area contributed by atoms with Crippen molar-refractivity contribution in [3.05, 3.63) is 12.2 Å². The van der Waals surface area contributed by atoms with E-state index in [1.807, 2.05) is 6.08 Å². The third-order valence-corrected chi connectivity index (χ3v) is 3.49. The van der Waals surface area contributed by atoms with Crippen LogP contribution in [0, 0.1) is 11.8 Å².